The number of hydrogen-bond acceptors (Lipinski definition) is 2. The van der Waals surface area contributed by atoms with Gasteiger partial charge < -0.3 is 0 Å². The highest BCUT2D eigenvalue weighted by atomic mass is 32.2. The van der Waals surface area contributed by atoms with Gasteiger partial charge in [-0.1, -0.05) is 38.6 Å². The van der Waals surface area contributed by atoms with E-state index in [4.69, 9.17) is 5.53 Å². The quantitative estimate of drug-likeness (QED) is 0.260. The van der Waals surface area contributed by atoms with E-state index in [9.17, 15) is 0 Å². The molecule has 0 N–H and O–H groups in total. The van der Waals surface area contributed by atoms with Crippen molar-refractivity contribution < 1.29 is 0 Å². The molecule has 0 radical (unpaired) electrons. The van der Waals surface area contributed by atoms with Crippen LogP contribution >= 0.6 is 11.9 Å². The summed E-state index contributed by atoms with van der Waals surface area (Å²) >= 11 is 1.38. The molecule has 0 atom stereocenters. The zero-order valence-corrected chi connectivity index (χ0v) is 7.97. The number of nitrogens with zero attached hydrogens (tertiary/aromatic N) is 3. The van der Waals surface area contributed by atoms with E-state index in [-0.39, 0.29) is 0 Å². The lowest BCUT2D eigenvalue weighted by molar-refractivity contribution is 0.673. The van der Waals surface area contributed by atoms with Crippen molar-refractivity contribution >= 4 is 11.9 Å². The molecule has 0 aliphatic heterocycles. The summed E-state index contributed by atoms with van der Waals surface area (Å²) in [6.07, 6.45) is 4.63. The van der Waals surface area contributed by atoms with Crippen LogP contribution < -0.4 is 0 Å². The highest BCUT2D eigenvalue weighted by Crippen LogP contribution is 2.21. The molecule has 0 heterocycles. The van der Waals surface area contributed by atoms with Crippen LogP contribution in [-0.4, -0.2) is 5.25 Å². The molecule has 0 aromatic rings. The third kappa shape index (κ3) is 6.07. The van der Waals surface area contributed by atoms with E-state index in [0.29, 0.717) is 5.25 Å². The standard InChI is InChI=1S/C7H15N3S/c1-3-5-7(6-4-2)11-10-9-8/h7H,3-6H2,1-2H3. The van der Waals surface area contributed by atoms with Crippen LogP contribution in [0.25, 0.3) is 10.4 Å². The maximum atomic E-state index is 8.09. The molecular weight excluding hydrogens is 158 g/mol. The monoisotopic (exact) mass is 173 g/mol. The normalized spacial score (nSPS) is 9.73. The Hall–Kier alpha value is -0.340. The Bertz CT molecular complexity index is 126. The van der Waals surface area contributed by atoms with E-state index >= 15 is 0 Å². The summed E-state index contributed by atoms with van der Waals surface area (Å²) in [5.74, 6) is 0. The molecule has 4 heteroatoms. The van der Waals surface area contributed by atoms with Crippen LogP contribution in [0, 0.1) is 0 Å². The van der Waals surface area contributed by atoms with Crippen molar-refractivity contribution in [3.63, 3.8) is 0 Å². The number of hydrogen-bond donors (Lipinski definition) is 0. The van der Waals surface area contributed by atoms with Crippen molar-refractivity contribution in [2.45, 2.75) is 44.8 Å². The molecule has 0 bridgehead atoms. The Balaban J connectivity index is 3.58. The van der Waals surface area contributed by atoms with Gasteiger partial charge in [0.25, 0.3) is 0 Å². The molecule has 0 aromatic heterocycles. The minimum absolute atomic E-state index is 0.529. The van der Waals surface area contributed by atoms with Crippen LogP contribution in [0.3, 0.4) is 0 Å². The molecule has 3 nitrogen and oxygen atoms in total. The van der Waals surface area contributed by atoms with Crippen molar-refractivity contribution in [1.82, 2.24) is 0 Å². The molecule has 0 unspecified atom stereocenters. The van der Waals surface area contributed by atoms with Gasteiger partial charge in [0, 0.05) is 10.2 Å². The molecule has 0 saturated carbocycles. The Morgan fingerprint density at radius 1 is 1.36 bits per heavy atom. The fourth-order valence-corrected chi connectivity index (χ4v) is 1.84. The van der Waals surface area contributed by atoms with Gasteiger partial charge in [-0.2, -0.15) is 0 Å². The van der Waals surface area contributed by atoms with Crippen LogP contribution in [0.1, 0.15) is 39.5 Å². The second-order valence-electron chi connectivity index (χ2n) is 2.48. The Morgan fingerprint density at radius 2 is 1.91 bits per heavy atom. The number of azide groups is 1. The van der Waals surface area contributed by atoms with Gasteiger partial charge in [0.15, 0.2) is 0 Å². The summed E-state index contributed by atoms with van der Waals surface area (Å²) < 4.78 is 3.51. The molecule has 0 amide bonds. The van der Waals surface area contributed by atoms with Gasteiger partial charge >= 0.3 is 0 Å². The fourth-order valence-electron chi connectivity index (χ4n) is 0.981. The minimum atomic E-state index is 0.529. The molecule has 0 aliphatic rings. The average molecular weight is 173 g/mol. The van der Waals surface area contributed by atoms with Crippen LogP contribution in [0.5, 0.6) is 0 Å². The summed E-state index contributed by atoms with van der Waals surface area (Å²) in [5.41, 5.74) is 8.09. The summed E-state index contributed by atoms with van der Waals surface area (Å²) in [6.45, 7) is 4.30. The van der Waals surface area contributed by atoms with E-state index in [0.717, 1.165) is 12.8 Å². The van der Waals surface area contributed by atoms with E-state index < -0.39 is 0 Å². The lowest BCUT2D eigenvalue weighted by Crippen LogP contribution is -1.99. The third-order valence-electron chi connectivity index (χ3n) is 1.45. The second-order valence-corrected chi connectivity index (χ2v) is 3.52. The molecule has 0 spiro atoms. The third-order valence-corrected chi connectivity index (χ3v) is 2.39. The summed E-state index contributed by atoms with van der Waals surface area (Å²) in [4.78, 5) is 2.73. The SMILES string of the molecule is CCCC(CCC)SN=[N+]=[N-]. The Morgan fingerprint density at radius 3 is 2.27 bits per heavy atom. The van der Waals surface area contributed by atoms with Crippen LogP contribution in [0.2, 0.25) is 0 Å². The smallest absolute Gasteiger partial charge is 0.0118 e. The highest BCUT2D eigenvalue weighted by molar-refractivity contribution is 7.98. The van der Waals surface area contributed by atoms with Crippen molar-refractivity contribution in [3.8, 4) is 0 Å². The molecule has 0 aliphatic carbocycles. The lowest BCUT2D eigenvalue weighted by atomic mass is 10.2. The van der Waals surface area contributed by atoms with Gasteiger partial charge in [-0.15, -0.1) is 0 Å². The van der Waals surface area contributed by atoms with Gasteiger partial charge in [-0.3, -0.25) is 0 Å². The maximum Gasteiger partial charge on any atom is 0.0118 e. The lowest BCUT2D eigenvalue weighted by Gasteiger charge is -2.09. The topological polar surface area (TPSA) is 48.8 Å². The van der Waals surface area contributed by atoms with Crippen molar-refractivity contribution in [3.05, 3.63) is 10.4 Å². The number of rotatable bonds is 6. The molecule has 0 saturated heterocycles. The van der Waals surface area contributed by atoms with E-state index in [2.05, 4.69) is 23.3 Å². The fraction of sp³-hybridized carbons (Fsp3) is 1.00. The summed E-state index contributed by atoms with van der Waals surface area (Å²) in [5, 5.41) is 0.529. The molecule has 0 aromatic carbocycles. The minimum Gasteiger partial charge on any atom is -0.0653 e. The molecular formula is C7H15N3S. The first-order valence-corrected chi connectivity index (χ1v) is 4.89. The first-order valence-electron chi connectivity index (χ1n) is 4.05. The van der Waals surface area contributed by atoms with E-state index in [1.54, 1.807) is 0 Å². The Labute approximate surface area is 72.3 Å². The van der Waals surface area contributed by atoms with Crippen LogP contribution in [-0.2, 0) is 0 Å². The van der Waals surface area contributed by atoms with Gasteiger partial charge in [-0.25, -0.2) is 0 Å². The van der Waals surface area contributed by atoms with E-state index in [1.165, 1.54) is 24.8 Å². The molecule has 0 fully saturated rings. The zero-order chi connectivity index (χ0) is 8.53. The highest BCUT2D eigenvalue weighted by Gasteiger charge is 2.04. The van der Waals surface area contributed by atoms with Crippen LogP contribution in [0.4, 0.5) is 0 Å². The first-order chi connectivity index (χ1) is 5.35. The van der Waals surface area contributed by atoms with Crippen LogP contribution in [0.15, 0.2) is 4.52 Å². The predicted octanol–water partition coefficient (Wildman–Crippen LogP) is 3.91. The maximum absolute atomic E-state index is 8.09. The van der Waals surface area contributed by atoms with Gasteiger partial charge in [-0.05, 0) is 22.9 Å². The van der Waals surface area contributed by atoms with Gasteiger partial charge in [0.05, 0.1) is 0 Å². The van der Waals surface area contributed by atoms with Gasteiger partial charge in [0.2, 0.25) is 0 Å². The van der Waals surface area contributed by atoms with E-state index in [1.807, 2.05) is 0 Å². The molecule has 0 rings (SSSR count). The predicted molar refractivity (Wildman–Crippen MR) is 50.3 cm³/mol. The summed E-state index contributed by atoms with van der Waals surface area (Å²) in [6, 6.07) is 0. The van der Waals surface area contributed by atoms with Gasteiger partial charge in [0.1, 0.15) is 0 Å². The summed E-state index contributed by atoms with van der Waals surface area (Å²) in [7, 11) is 0. The Kier molecular flexibility index (Phi) is 7.52. The average Bonchev–Trinajstić information content (AvgIpc) is 2.01. The molecule has 11 heavy (non-hydrogen) atoms. The zero-order valence-electron chi connectivity index (χ0n) is 7.16. The van der Waals surface area contributed by atoms with Crippen molar-refractivity contribution in [2.75, 3.05) is 0 Å². The first kappa shape index (κ1) is 10.7. The molecule has 64 valence electrons. The largest absolute Gasteiger partial charge is 0.0653 e. The second kappa shape index (κ2) is 7.76. The van der Waals surface area contributed by atoms with Crippen molar-refractivity contribution in [2.24, 2.45) is 4.52 Å². The van der Waals surface area contributed by atoms with Crippen molar-refractivity contribution in [1.29, 1.82) is 0 Å².